The second-order valence-electron chi connectivity index (χ2n) is 3.96. The zero-order valence-corrected chi connectivity index (χ0v) is 11.4. The molecule has 0 N–H and O–H groups in total. The summed E-state index contributed by atoms with van der Waals surface area (Å²) in [7, 11) is -3.63. The molecule has 0 saturated carbocycles. The van der Waals surface area contributed by atoms with Crippen molar-refractivity contribution in [3.05, 3.63) is 40.8 Å². The van der Waals surface area contributed by atoms with Crippen molar-refractivity contribution in [1.82, 2.24) is 0 Å². The van der Waals surface area contributed by atoms with Gasteiger partial charge >= 0.3 is 0 Å². The Bertz CT molecular complexity index is 510. The molecule has 0 atom stereocenters. The molecule has 0 aliphatic carbocycles. The summed E-state index contributed by atoms with van der Waals surface area (Å²) in [5.74, 6) is 0. The maximum Gasteiger partial charge on any atom is 0.296 e. The Balaban J connectivity index is 2.20. The highest BCUT2D eigenvalue weighted by molar-refractivity contribution is 7.86. The van der Waals surface area contributed by atoms with Crippen LogP contribution in [0.15, 0.2) is 40.3 Å². The van der Waals surface area contributed by atoms with Gasteiger partial charge in [0.25, 0.3) is 10.1 Å². The summed E-state index contributed by atoms with van der Waals surface area (Å²) in [6, 6.07) is 8.09. The van der Waals surface area contributed by atoms with Gasteiger partial charge in [-0.05, 0) is 30.5 Å². The molecule has 19 heavy (non-hydrogen) atoms. The fourth-order valence-electron chi connectivity index (χ4n) is 1.51. The molecule has 0 saturated heterocycles. The lowest BCUT2D eigenvalue weighted by molar-refractivity contribution is 0.306. The van der Waals surface area contributed by atoms with E-state index in [9.17, 15) is 8.42 Å². The lowest BCUT2D eigenvalue weighted by Gasteiger charge is -2.05. The van der Waals surface area contributed by atoms with Crippen molar-refractivity contribution in [1.29, 1.82) is 0 Å². The number of azide groups is 1. The molecule has 1 aromatic rings. The van der Waals surface area contributed by atoms with E-state index in [4.69, 9.17) is 9.71 Å². The number of benzene rings is 1. The Morgan fingerprint density at radius 3 is 2.47 bits per heavy atom. The maximum atomic E-state index is 11.7. The minimum absolute atomic E-state index is 0.179. The van der Waals surface area contributed by atoms with Gasteiger partial charge in [-0.15, -0.1) is 0 Å². The molecule has 0 aliphatic rings. The summed E-state index contributed by atoms with van der Waals surface area (Å²) >= 11 is 0. The fraction of sp³-hybridized carbons (Fsp3) is 0.500. The summed E-state index contributed by atoms with van der Waals surface area (Å²) in [6.45, 7) is 0.665. The molecule has 7 heteroatoms. The predicted octanol–water partition coefficient (Wildman–Crippen LogP) is 3.26. The van der Waals surface area contributed by atoms with Gasteiger partial charge < -0.3 is 0 Å². The lowest BCUT2D eigenvalue weighted by atomic mass is 10.2. The summed E-state index contributed by atoms with van der Waals surface area (Å²) < 4.78 is 28.4. The van der Waals surface area contributed by atoms with E-state index in [1.165, 1.54) is 12.1 Å². The fourth-order valence-corrected chi connectivity index (χ4v) is 2.47. The van der Waals surface area contributed by atoms with Crippen LogP contribution in [0.2, 0.25) is 0 Å². The minimum Gasteiger partial charge on any atom is -0.266 e. The number of hydrogen-bond acceptors (Lipinski definition) is 4. The molecule has 104 valence electrons. The van der Waals surface area contributed by atoms with Gasteiger partial charge in [0.15, 0.2) is 0 Å². The highest BCUT2D eigenvalue weighted by Gasteiger charge is 2.13. The molecule has 0 heterocycles. The van der Waals surface area contributed by atoms with Crippen molar-refractivity contribution in [2.45, 2.75) is 30.6 Å². The molecule has 0 aliphatic heterocycles. The first-order valence-corrected chi connectivity index (χ1v) is 7.53. The Morgan fingerprint density at radius 1 is 1.11 bits per heavy atom. The van der Waals surface area contributed by atoms with Crippen molar-refractivity contribution in [2.24, 2.45) is 5.11 Å². The molecule has 0 bridgehead atoms. The van der Waals surface area contributed by atoms with Gasteiger partial charge in [-0.1, -0.05) is 36.2 Å². The van der Waals surface area contributed by atoms with Gasteiger partial charge in [-0.3, -0.25) is 4.18 Å². The van der Waals surface area contributed by atoms with E-state index in [0.29, 0.717) is 13.0 Å². The zero-order valence-electron chi connectivity index (χ0n) is 10.6. The van der Waals surface area contributed by atoms with Crippen LogP contribution in [0.3, 0.4) is 0 Å². The molecule has 6 nitrogen and oxygen atoms in total. The van der Waals surface area contributed by atoms with Crippen molar-refractivity contribution >= 4 is 10.1 Å². The van der Waals surface area contributed by atoms with Crippen molar-refractivity contribution in [2.75, 3.05) is 13.2 Å². The second kappa shape index (κ2) is 8.53. The Hall–Kier alpha value is -1.56. The highest BCUT2D eigenvalue weighted by atomic mass is 32.2. The minimum atomic E-state index is -3.63. The van der Waals surface area contributed by atoms with Gasteiger partial charge in [0.2, 0.25) is 0 Å². The molecule has 0 unspecified atom stereocenters. The third-order valence-corrected chi connectivity index (χ3v) is 3.81. The summed E-state index contributed by atoms with van der Waals surface area (Å²) in [4.78, 5) is 2.84. The normalized spacial score (nSPS) is 10.9. The molecule has 0 fully saturated rings. The quantitative estimate of drug-likeness (QED) is 0.229. The lowest BCUT2D eigenvalue weighted by Crippen LogP contribution is -2.07. The third-order valence-electron chi connectivity index (χ3n) is 2.49. The van der Waals surface area contributed by atoms with E-state index in [1.54, 1.807) is 18.2 Å². The van der Waals surface area contributed by atoms with E-state index >= 15 is 0 Å². The molecular formula is C12H17N3O3S. The smallest absolute Gasteiger partial charge is 0.266 e. The van der Waals surface area contributed by atoms with Crippen LogP contribution in [-0.2, 0) is 14.3 Å². The van der Waals surface area contributed by atoms with Crippen LogP contribution in [0.4, 0.5) is 0 Å². The van der Waals surface area contributed by atoms with Gasteiger partial charge in [0.1, 0.15) is 0 Å². The van der Waals surface area contributed by atoms with E-state index < -0.39 is 10.1 Å². The average molecular weight is 283 g/mol. The van der Waals surface area contributed by atoms with Crippen molar-refractivity contribution in [3.63, 3.8) is 0 Å². The first-order chi connectivity index (χ1) is 9.17. The number of hydrogen-bond donors (Lipinski definition) is 0. The number of unbranched alkanes of at least 4 members (excludes halogenated alkanes) is 3. The van der Waals surface area contributed by atoms with Crippen LogP contribution in [-0.4, -0.2) is 21.6 Å². The van der Waals surface area contributed by atoms with Crippen LogP contribution in [0.25, 0.3) is 10.4 Å². The summed E-state index contributed by atoms with van der Waals surface area (Å²) in [5.41, 5.74) is 8.08. The van der Waals surface area contributed by atoms with Crippen molar-refractivity contribution in [3.8, 4) is 0 Å². The van der Waals surface area contributed by atoms with E-state index in [1.807, 2.05) is 0 Å². The first kappa shape index (κ1) is 15.5. The maximum absolute atomic E-state index is 11.7. The topological polar surface area (TPSA) is 92.1 Å². The summed E-state index contributed by atoms with van der Waals surface area (Å²) in [5, 5.41) is 3.42. The highest BCUT2D eigenvalue weighted by Crippen LogP contribution is 2.12. The second-order valence-corrected chi connectivity index (χ2v) is 5.57. The van der Waals surface area contributed by atoms with E-state index in [0.717, 1.165) is 19.3 Å². The standard InChI is InChI=1S/C12H17N3O3S/c13-15-14-10-6-1-2-7-11-18-19(16,17)12-8-4-3-5-9-12/h3-5,8-9H,1-2,6-7,10-11H2. The van der Waals surface area contributed by atoms with Gasteiger partial charge in [0.05, 0.1) is 11.5 Å². The Morgan fingerprint density at radius 2 is 1.79 bits per heavy atom. The number of rotatable bonds is 9. The third kappa shape index (κ3) is 6.24. The monoisotopic (exact) mass is 283 g/mol. The Labute approximate surface area is 113 Å². The van der Waals surface area contributed by atoms with E-state index in [-0.39, 0.29) is 11.5 Å². The van der Waals surface area contributed by atoms with Crippen LogP contribution in [0, 0.1) is 0 Å². The molecule has 1 aromatic carbocycles. The molecule has 0 amide bonds. The van der Waals surface area contributed by atoms with Crippen LogP contribution in [0.1, 0.15) is 25.7 Å². The molecule has 0 spiro atoms. The van der Waals surface area contributed by atoms with Gasteiger partial charge in [-0.2, -0.15) is 8.42 Å². The van der Waals surface area contributed by atoms with Gasteiger partial charge in [-0.25, -0.2) is 0 Å². The predicted molar refractivity (Wildman–Crippen MR) is 72.1 cm³/mol. The zero-order chi connectivity index (χ0) is 14.0. The average Bonchev–Trinajstić information content (AvgIpc) is 2.43. The molecule has 0 aromatic heterocycles. The van der Waals surface area contributed by atoms with Crippen LogP contribution >= 0.6 is 0 Å². The van der Waals surface area contributed by atoms with Gasteiger partial charge in [0, 0.05) is 11.5 Å². The molecule has 1 rings (SSSR count). The molecular weight excluding hydrogens is 266 g/mol. The van der Waals surface area contributed by atoms with Crippen molar-refractivity contribution < 1.29 is 12.6 Å². The van der Waals surface area contributed by atoms with Crippen LogP contribution in [0.5, 0.6) is 0 Å². The SMILES string of the molecule is [N-]=[N+]=NCCCCCCOS(=O)(=O)c1ccccc1. The summed E-state index contributed by atoms with van der Waals surface area (Å²) in [6.07, 6.45) is 3.23. The van der Waals surface area contributed by atoms with E-state index in [2.05, 4.69) is 10.0 Å². The van der Waals surface area contributed by atoms with Crippen LogP contribution < -0.4 is 0 Å². The molecule has 0 radical (unpaired) electrons. The Kier molecular flexibility index (Phi) is 6.95. The first-order valence-electron chi connectivity index (χ1n) is 6.12. The largest absolute Gasteiger partial charge is 0.296 e. The number of nitrogens with zero attached hydrogens (tertiary/aromatic N) is 3.